The zero-order chi connectivity index (χ0) is 14.1. The van der Waals surface area contributed by atoms with Crippen LogP contribution in [0.2, 0.25) is 0 Å². The minimum Gasteiger partial charge on any atom is -0.370 e. The van der Waals surface area contributed by atoms with Crippen LogP contribution in [0.25, 0.3) is 0 Å². The molecule has 106 valence electrons. The normalized spacial score (nSPS) is 12.6. The van der Waals surface area contributed by atoms with E-state index < -0.39 is 0 Å². The Bertz CT molecular complexity index is 261. The SMILES string of the molecule is C=C(C)CN=C(N)NCCCN(C(C)C)C(C)C. The summed E-state index contributed by atoms with van der Waals surface area (Å²) in [6.07, 6.45) is 1.07. The van der Waals surface area contributed by atoms with Crippen LogP contribution in [0.5, 0.6) is 0 Å². The van der Waals surface area contributed by atoms with E-state index in [1.165, 1.54) is 0 Å². The Kier molecular flexibility index (Phi) is 8.46. The van der Waals surface area contributed by atoms with Crippen molar-refractivity contribution in [2.45, 2.75) is 53.1 Å². The van der Waals surface area contributed by atoms with Gasteiger partial charge in [-0.2, -0.15) is 0 Å². The molecule has 0 aliphatic carbocycles. The molecular weight excluding hydrogens is 224 g/mol. The lowest BCUT2D eigenvalue weighted by Gasteiger charge is -2.30. The average molecular weight is 254 g/mol. The monoisotopic (exact) mass is 254 g/mol. The molecule has 0 unspecified atom stereocenters. The Hall–Kier alpha value is -1.03. The van der Waals surface area contributed by atoms with Gasteiger partial charge in [0, 0.05) is 25.2 Å². The van der Waals surface area contributed by atoms with Crippen LogP contribution >= 0.6 is 0 Å². The van der Waals surface area contributed by atoms with Gasteiger partial charge in [0.1, 0.15) is 0 Å². The van der Waals surface area contributed by atoms with Gasteiger partial charge in [0.15, 0.2) is 5.96 Å². The molecule has 0 aliphatic heterocycles. The Labute approximate surface area is 112 Å². The molecule has 18 heavy (non-hydrogen) atoms. The fourth-order valence-electron chi connectivity index (χ4n) is 1.87. The van der Waals surface area contributed by atoms with Crippen molar-refractivity contribution < 1.29 is 0 Å². The molecule has 0 heterocycles. The van der Waals surface area contributed by atoms with Crippen LogP contribution in [-0.2, 0) is 0 Å². The lowest BCUT2D eigenvalue weighted by molar-refractivity contribution is 0.173. The first-order chi connectivity index (χ1) is 8.34. The van der Waals surface area contributed by atoms with Crippen molar-refractivity contribution in [1.29, 1.82) is 0 Å². The van der Waals surface area contributed by atoms with Gasteiger partial charge in [-0.1, -0.05) is 12.2 Å². The first-order valence-corrected chi connectivity index (χ1v) is 6.78. The molecule has 0 aromatic rings. The lowest BCUT2D eigenvalue weighted by atomic mass is 10.2. The van der Waals surface area contributed by atoms with Crippen LogP contribution < -0.4 is 11.1 Å². The van der Waals surface area contributed by atoms with E-state index in [9.17, 15) is 0 Å². The molecule has 0 radical (unpaired) electrons. The van der Waals surface area contributed by atoms with E-state index in [2.05, 4.69) is 49.5 Å². The molecule has 0 saturated carbocycles. The third-order valence-electron chi connectivity index (χ3n) is 2.75. The molecule has 0 spiro atoms. The van der Waals surface area contributed by atoms with Gasteiger partial charge in [-0.3, -0.25) is 4.90 Å². The molecule has 0 saturated heterocycles. The summed E-state index contributed by atoms with van der Waals surface area (Å²) < 4.78 is 0. The van der Waals surface area contributed by atoms with Crippen molar-refractivity contribution in [1.82, 2.24) is 10.2 Å². The van der Waals surface area contributed by atoms with Gasteiger partial charge in [-0.05, 0) is 41.0 Å². The van der Waals surface area contributed by atoms with Gasteiger partial charge in [0.25, 0.3) is 0 Å². The highest BCUT2D eigenvalue weighted by molar-refractivity contribution is 5.77. The van der Waals surface area contributed by atoms with Crippen molar-refractivity contribution in [2.75, 3.05) is 19.6 Å². The van der Waals surface area contributed by atoms with E-state index in [-0.39, 0.29) is 0 Å². The van der Waals surface area contributed by atoms with Crippen LogP contribution in [0.3, 0.4) is 0 Å². The fourth-order valence-corrected chi connectivity index (χ4v) is 1.87. The second kappa shape index (κ2) is 8.97. The summed E-state index contributed by atoms with van der Waals surface area (Å²) in [5.41, 5.74) is 6.76. The Morgan fingerprint density at radius 2 is 1.83 bits per heavy atom. The zero-order valence-electron chi connectivity index (χ0n) is 12.7. The lowest BCUT2D eigenvalue weighted by Crippen LogP contribution is -2.40. The van der Waals surface area contributed by atoms with E-state index in [4.69, 9.17) is 5.73 Å². The predicted molar refractivity (Wildman–Crippen MR) is 80.9 cm³/mol. The highest BCUT2D eigenvalue weighted by Gasteiger charge is 2.11. The molecule has 0 rings (SSSR count). The van der Waals surface area contributed by atoms with Crippen molar-refractivity contribution in [3.63, 3.8) is 0 Å². The molecule has 3 N–H and O–H groups in total. The summed E-state index contributed by atoms with van der Waals surface area (Å²) in [5.74, 6) is 0.513. The van der Waals surface area contributed by atoms with Gasteiger partial charge >= 0.3 is 0 Å². The number of aliphatic imine (C=N–C) groups is 1. The molecule has 0 bridgehead atoms. The summed E-state index contributed by atoms with van der Waals surface area (Å²) in [6, 6.07) is 1.17. The van der Waals surface area contributed by atoms with Crippen LogP contribution in [0, 0.1) is 0 Å². The predicted octanol–water partition coefficient (Wildman–Crippen LogP) is 1.98. The Morgan fingerprint density at radius 3 is 2.28 bits per heavy atom. The van der Waals surface area contributed by atoms with Crippen LogP contribution in [0.4, 0.5) is 0 Å². The van der Waals surface area contributed by atoms with Gasteiger partial charge < -0.3 is 11.1 Å². The minimum absolute atomic E-state index is 0.513. The molecule has 4 nitrogen and oxygen atoms in total. The summed E-state index contributed by atoms with van der Waals surface area (Å²) in [4.78, 5) is 6.66. The van der Waals surface area contributed by atoms with Crippen molar-refractivity contribution in [2.24, 2.45) is 10.7 Å². The zero-order valence-corrected chi connectivity index (χ0v) is 12.7. The maximum Gasteiger partial charge on any atom is 0.188 e. The van der Waals surface area contributed by atoms with E-state index >= 15 is 0 Å². The summed E-state index contributed by atoms with van der Waals surface area (Å²) in [6.45, 7) is 17.2. The van der Waals surface area contributed by atoms with Crippen molar-refractivity contribution in [3.05, 3.63) is 12.2 Å². The second-order valence-corrected chi connectivity index (χ2v) is 5.36. The molecule has 4 heteroatoms. The molecule has 0 atom stereocenters. The minimum atomic E-state index is 0.513. The van der Waals surface area contributed by atoms with E-state index in [0.717, 1.165) is 25.1 Å². The Balaban J connectivity index is 3.84. The van der Waals surface area contributed by atoms with E-state index in [0.29, 0.717) is 24.6 Å². The number of rotatable bonds is 8. The maximum atomic E-state index is 5.74. The highest BCUT2D eigenvalue weighted by Crippen LogP contribution is 2.05. The number of guanidine groups is 1. The van der Waals surface area contributed by atoms with E-state index in [1.54, 1.807) is 0 Å². The molecule has 0 amide bonds. The summed E-state index contributed by atoms with van der Waals surface area (Å²) in [7, 11) is 0. The summed E-state index contributed by atoms with van der Waals surface area (Å²) >= 11 is 0. The smallest absolute Gasteiger partial charge is 0.188 e. The third kappa shape index (κ3) is 8.12. The van der Waals surface area contributed by atoms with Crippen molar-refractivity contribution >= 4 is 5.96 Å². The highest BCUT2D eigenvalue weighted by atomic mass is 15.2. The first-order valence-electron chi connectivity index (χ1n) is 6.78. The fraction of sp³-hybridized carbons (Fsp3) is 0.786. The topological polar surface area (TPSA) is 53.6 Å². The van der Waals surface area contributed by atoms with Crippen LogP contribution in [0.1, 0.15) is 41.0 Å². The quantitative estimate of drug-likeness (QED) is 0.301. The van der Waals surface area contributed by atoms with Gasteiger partial charge in [-0.25, -0.2) is 4.99 Å². The molecule has 0 aliphatic rings. The third-order valence-corrected chi connectivity index (χ3v) is 2.75. The largest absolute Gasteiger partial charge is 0.370 e. The molecule has 0 aromatic carbocycles. The van der Waals surface area contributed by atoms with Gasteiger partial charge in [0.05, 0.1) is 6.54 Å². The standard InChI is InChI=1S/C14H30N4/c1-11(2)10-17-14(15)16-8-7-9-18(12(3)4)13(5)6/h12-13H,1,7-10H2,2-6H3,(H3,15,16,17). The van der Waals surface area contributed by atoms with Gasteiger partial charge in [-0.15, -0.1) is 0 Å². The Morgan fingerprint density at radius 1 is 1.28 bits per heavy atom. The average Bonchev–Trinajstić information content (AvgIpc) is 2.24. The second-order valence-electron chi connectivity index (χ2n) is 5.36. The van der Waals surface area contributed by atoms with Crippen LogP contribution in [0.15, 0.2) is 17.1 Å². The maximum absolute atomic E-state index is 5.74. The number of nitrogens with two attached hydrogens (primary N) is 1. The van der Waals surface area contributed by atoms with Crippen LogP contribution in [-0.4, -0.2) is 42.6 Å². The van der Waals surface area contributed by atoms with E-state index in [1.807, 2.05) is 6.92 Å². The first kappa shape index (κ1) is 17.0. The number of nitrogens with one attached hydrogen (secondary N) is 1. The van der Waals surface area contributed by atoms with Gasteiger partial charge in [0.2, 0.25) is 0 Å². The number of nitrogens with zero attached hydrogens (tertiary/aromatic N) is 2. The molecule has 0 aromatic heterocycles. The van der Waals surface area contributed by atoms with Crippen molar-refractivity contribution in [3.8, 4) is 0 Å². The summed E-state index contributed by atoms with van der Waals surface area (Å²) in [5, 5.41) is 3.13. The number of hydrogen-bond acceptors (Lipinski definition) is 2. The molecular formula is C14H30N4. The molecule has 0 fully saturated rings. The number of hydrogen-bond donors (Lipinski definition) is 2.